The molecule has 7 nitrogen and oxygen atoms in total. The van der Waals surface area contributed by atoms with Crippen LogP contribution in [0.4, 0.5) is 9.18 Å². The van der Waals surface area contributed by atoms with Gasteiger partial charge in [-0.05, 0) is 30.0 Å². The highest BCUT2D eigenvalue weighted by atomic mass is 32.2. The van der Waals surface area contributed by atoms with Crippen LogP contribution in [0.25, 0.3) is 0 Å². The Kier molecular flexibility index (Phi) is 5.32. The molecule has 2 N–H and O–H groups in total. The number of amides is 1. The molecule has 144 valence electrons. The van der Waals surface area contributed by atoms with E-state index in [-0.39, 0.29) is 24.3 Å². The topological polar surface area (TPSA) is 112 Å². The molecule has 3 atom stereocenters. The van der Waals surface area contributed by atoms with E-state index in [1.807, 2.05) is 0 Å². The molecule has 1 heterocycles. The molecule has 0 bridgehead atoms. The highest BCUT2D eigenvalue weighted by molar-refractivity contribution is 7.91. The number of carboxylic acids is 1. The van der Waals surface area contributed by atoms with Crippen LogP contribution in [0.5, 0.6) is 0 Å². The van der Waals surface area contributed by atoms with Gasteiger partial charge in [-0.1, -0.05) is 26.0 Å². The van der Waals surface area contributed by atoms with Crippen molar-refractivity contribution in [3.05, 3.63) is 35.6 Å². The Morgan fingerprint density at radius 2 is 1.81 bits per heavy atom. The minimum Gasteiger partial charge on any atom is -0.479 e. The third kappa shape index (κ3) is 3.53. The number of hydrogen-bond acceptors (Lipinski definition) is 4. The van der Waals surface area contributed by atoms with Crippen molar-refractivity contribution in [3.8, 4) is 0 Å². The first-order valence-electron chi connectivity index (χ1n) is 8.10. The third-order valence-corrected chi connectivity index (χ3v) is 6.27. The van der Waals surface area contributed by atoms with Crippen LogP contribution in [0.2, 0.25) is 0 Å². The Balaban J connectivity index is 2.73. The second kappa shape index (κ2) is 6.86. The van der Waals surface area contributed by atoms with Gasteiger partial charge in [0.2, 0.25) is 0 Å². The van der Waals surface area contributed by atoms with Crippen LogP contribution in [0.15, 0.2) is 24.3 Å². The van der Waals surface area contributed by atoms with Crippen molar-refractivity contribution < 1.29 is 32.6 Å². The molecule has 0 unspecified atom stereocenters. The van der Waals surface area contributed by atoms with Gasteiger partial charge in [0, 0.05) is 12.7 Å². The number of carboxylic acid groups (broad SMARTS) is 2. The van der Waals surface area contributed by atoms with E-state index in [0.29, 0.717) is 0 Å². The molecule has 26 heavy (non-hydrogen) atoms. The molecule has 0 aromatic heterocycles. The maximum Gasteiger partial charge on any atom is 0.408 e. The minimum atomic E-state index is -3.78. The summed E-state index contributed by atoms with van der Waals surface area (Å²) in [6.45, 7) is 3.48. The first-order valence-corrected chi connectivity index (χ1v) is 10.1. The number of nitrogens with zero attached hydrogens (tertiary/aromatic N) is 1. The molecule has 1 saturated heterocycles. The van der Waals surface area contributed by atoms with Crippen molar-refractivity contribution in [2.24, 2.45) is 5.92 Å². The third-order valence-electron chi connectivity index (χ3n) is 4.74. The maximum absolute atomic E-state index is 13.3. The van der Waals surface area contributed by atoms with E-state index in [2.05, 4.69) is 0 Å². The number of halogens is 1. The molecule has 0 radical (unpaired) electrons. The zero-order valence-electron chi connectivity index (χ0n) is 14.7. The van der Waals surface area contributed by atoms with Crippen molar-refractivity contribution in [2.75, 3.05) is 6.26 Å². The summed E-state index contributed by atoms with van der Waals surface area (Å²) in [5, 5.41) is 18.4. The number of aliphatic carboxylic acids is 1. The van der Waals surface area contributed by atoms with Crippen molar-refractivity contribution in [1.29, 1.82) is 0 Å². The van der Waals surface area contributed by atoms with Crippen molar-refractivity contribution in [3.63, 3.8) is 0 Å². The van der Waals surface area contributed by atoms with E-state index in [9.17, 15) is 32.6 Å². The van der Waals surface area contributed by atoms with E-state index in [1.54, 1.807) is 13.8 Å². The van der Waals surface area contributed by atoms with E-state index < -0.39 is 44.5 Å². The Labute approximate surface area is 151 Å². The average Bonchev–Trinajstić information content (AvgIpc) is 2.84. The summed E-state index contributed by atoms with van der Waals surface area (Å²) in [7, 11) is -3.78. The van der Waals surface area contributed by atoms with Crippen LogP contribution in [-0.2, 0) is 14.6 Å². The molecule has 1 amide bonds. The SMILES string of the molecule is CC(C)C[C@]1(C(=O)O)C[C@H](S(C)(=O)=O)[C@@H](c2ccc(F)cc2)N1C(=O)O. The Morgan fingerprint density at radius 3 is 2.19 bits per heavy atom. The van der Waals surface area contributed by atoms with Gasteiger partial charge in [-0.15, -0.1) is 0 Å². The van der Waals surface area contributed by atoms with Gasteiger partial charge in [-0.25, -0.2) is 22.4 Å². The summed E-state index contributed by atoms with van der Waals surface area (Å²) in [6, 6.07) is 3.55. The van der Waals surface area contributed by atoms with E-state index in [4.69, 9.17) is 0 Å². The predicted octanol–water partition coefficient (Wildman–Crippen LogP) is 2.53. The summed E-state index contributed by atoms with van der Waals surface area (Å²) in [4.78, 5) is 24.9. The molecule has 0 saturated carbocycles. The molecule has 2 rings (SSSR count). The Morgan fingerprint density at radius 1 is 1.27 bits per heavy atom. The van der Waals surface area contributed by atoms with Gasteiger partial charge in [0.05, 0.1) is 11.3 Å². The monoisotopic (exact) mass is 387 g/mol. The van der Waals surface area contributed by atoms with Gasteiger partial charge in [0.1, 0.15) is 11.4 Å². The van der Waals surface area contributed by atoms with E-state index in [0.717, 1.165) is 23.3 Å². The molecular weight excluding hydrogens is 365 g/mol. The number of likely N-dealkylation sites (tertiary alicyclic amines) is 1. The molecule has 1 aliphatic heterocycles. The van der Waals surface area contributed by atoms with Crippen LogP contribution in [0, 0.1) is 11.7 Å². The molecule has 1 aliphatic rings. The molecule has 0 spiro atoms. The van der Waals surface area contributed by atoms with Crippen LogP contribution in [-0.4, -0.2) is 52.6 Å². The normalized spacial score (nSPS) is 26.3. The van der Waals surface area contributed by atoms with Gasteiger partial charge >= 0.3 is 12.1 Å². The van der Waals surface area contributed by atoms with Gasteiger partial charge < -0.3 is 10.2 Å². The molecule has 1 fully saturated rings. The summed E-state index contributed by atoms with van der Waals surface area (Å²) < 4.78 is 38.0. The second-order valence-electron chi connectivity index (χ2n) is 7.16. The van der Waals surface area contributed by atoms with Crippen LogP contribution < -0.4 is 0 Å². The first-order chi connectivity index (χ1) is 11.9. The lowest BCUT2D eigenvalue weighted by molar-refractivity contribution is -0.150. The van der Waals surface area contributed by atoms with Gasteiger partial charge in [0.25, 0.3) is 0 Å². The summed E-state index contributed by atoms with van der Waals surface area (Å²) in [5.74, 6) is -2.12. The van der Waals surface area contributed by atoms with Gasteiger partial charge in [-0.3, -0.25) is 4.90 Å². The Hall–Kier alpha value is -2.16. The molecule has 9 heteroatoms. The quantitative estimate of drug-likeness (QED) is 0.803. The van der Waals surface area contributed by atoms with Crippen LogP contribution in [0.1, 0.15) is 38.3 Å². The van der Waals surface area contributed by atoms with Crippen molar-refractivity contribution in [1.82, 2.24) is 4.90 Å². The van der Waals surface area contributed by atoms with Crippen LogP contribution in [0.3, 0.4) is 0 Å². The highest BCUT2D eigenvalue weighted by Crippen LogP contribution is 2.48. The number of sulfone groups is 1. The fourth-order valence-electron chi connectivity index (χ4n) is 3.82. The van der Waals surface area contributed by atoms with Crippen LogP contribution >= 0.6 is 0 Å². The predicted molar refractivity (Wildman–Crippen MR) is 92.1 cm³/mol. The fraction of sp³-hybridized carbons (Fsp3) is 0.529. The molecule has 1 aromatic carbocycles. The zero-order valence-corrected chi connectivity index (χ0v) is 15.5. The number of rotatable bonds is 5. The lowest BCUT2D eigenvalue weighted by atomic mass is 9.86. The lowest BCUT2D eigenvalue weighted by Crippen LogP contribution is -2.54. The smallest absolute Gasteiger partial charge is 0.408 e. The van der Waals surface area contributed by atoms with E-state index in [1.165, 1.54) is 12.1 Å². The Bertz CT molecular complexity index is 807. The summed E-state index contributed by atoms with van der Waals surface area (Å²) in [5.41, 5.74) is -1.62. The first kappa shape index (κ1) is 20.2. The lowest BCUT2D eigenvalue weighted by Gasteiger charge is -2.37. The number of benzene rings is 1. The minimum absolute atomic E-state index is 0.0294. The summed E-state index contributed by atoms with van der Waals surface area (Å²) >= 11 is 0. The standard InChI is InChI=1S/C17H22FNO6S/c1-10(2)8-17(15(20)21)9-13(26(3,24)25)14(19(17)16(22)23)11-4-6-12(18)7-5-11/h4-7,10,13-14H,8-9H2,1-3H3,(H,20,21)(H,22,23)/t13-,14+,17+/m0/s1. The average molecular weight is 387 g/mol. The molecular formula is C17H22FNO6S. The largest absolute Gasteiger partial charge is 0.479 e. The zero-order chi connectivity index (χ0) is 19.9. The van der Waals surface area contributed by atoms with E-state index >= 15 is 0 Å². The van der Waals surface area contributed by atoms with Crippen molar-refractivity contribution >= 4 is 21.9 Å². The molecule has 0 aliphatic carbocycles. The second-order valence-corrected chi connectivity index (χ2v) is 9.42. The molecule has 1 aromatic rings. The fourth-order valence-corrected chi connectivity index (χ4v) is 5.15. The van der Waals surface area contributed by atoms with Gasteiger partial charge in [-0.2, -0.15) is 0 Å². The summed E-state index contributed by atoms with van der Waals surface area (Å²) in [6.07, 6.45) is -0.943. The highest BCUT2D eigenvalue weighted by Gasteiger charge is 2.61. The number of hydrogen-bond donors (Lipinski definition) is 2. The maximum atomic E-state index is 13.3. The number of carbonyl (C=O) groups is 2. The van der Waals surface area contributed by atoms with Gasteiger partial charge in [0.15, 0.2) is 9.84 Å². The van der Waals surface area contributed by atoms with Crippen molar-refractivity contribution in [2.45, 2.75) is 43.5 Å².